The van der Waals surface area contributed by atoms with E-state index in [0.717, 1.165) is 11.8 Å². The largest absolute Gasteiger partial charge is 0.455 e. The highest BCUT2D eigenvalue weighted by Crippen LogP contribution is 2.14. The molecule has 1 aromatic heterocycles. The summed E-state index contributed by atoms with van der Waals surface area (Å²) >= 11 is 1.05. The van der Waals surface area contributed by atoms with E-state index in [1.165, 1.54) is 30.3 Å². The summed E-state index contributed by atoms with van der Waals surface area (Å²) in [6.45, 7) is 2.77. The Kier molecular flexibility index (Phi) is 7.35. The standard InChI is InChI=1S/C17H18FN3O5S/c1-10-7-14(21-26-10)20-15(22)8-25-17(24)11(2)27-9-16(23)19-13-5-3-12(18)4-6-13/h3-7,11H,8-9H2,1-2H3,(H,19,23)(H,20,21,22)/t11-/m1/s1. The number of ether oxygens (including phenoxy) is 1. The van der Waals surface area contributed by atoms with Gasteiger partial charge in [0.1, 0.15) is 16.8 Å². The quantitative estimate of drug-likeness (QED) is 0.660. The third-order valence-electron chi connectivity index (χ3n) is 3.17. The second-order valence-electron chi connectivity index (χ2n) is 5.49. The lowest BCUT2D eigenvalue weighted by atomic mass is 10.3. The Balaban J connectivity index is 1.67. The molecule has 0 saturated carbocycles. The molecule has 0 aliphatic carbocycles. The molecule has 8 nitrogen and oxygen atoms in total. The summed E-state index contributed by atoms with van der Waals surface area (Å²) in [5.74, 6) is -1.16. The molecule has 1 atom stereocenters. The summed E-state index contributed by atoms with van der Waals surface area (Å²) in [5, 5.41) is 7.95. The van der Waals surface area contributed by atoms with Crippen LogP contribution >= 0.6 is 11.8 Å². The van der Waals surface area contributed by atoms with Gasteiger partial charge in [0.2, 0.25) is 5.91 Å². The van der Waals surface area contributed by atoms with Crippen molar-refractivity contribution in [3.8, 4) is 0 Å². The molecule has 0 saturated heterocycles. The number of rotatable bonds is 8. The van der Waals surface area contributed by atoms with Crippen molar-refractivity contribution in [2.45, 2.75) is 19.1 Å². The zero-order valence-electron chi connectivity index (χ0n) is 14.7. The fraction of sp³-hybridized carbons (Fsp3) is 0.294. The van der Waals surface area contributed by atoms with Gasteiger partial charge >= 0.3 is 5.97 Å². The van der Waals surface area contributed by atoms with E-state index >= 15 is 0 Å². The Hall–Kier alpha value is -2.88. The van der Waals surface area contributed by atoms with Crippen molar-refractivity contribution in [1.29, 1.82) is 0 Å². The number of hydrogen-bond acceptors (Lipinski definition) is 7. The van der Waals surface area contributed by atoms with Crippen LogP contribution in [0.3, 0.4) is 0 Å². The van der Waals surface area contributed by atoms with E-state index in [4.69, 9.17) is 9.26 Å². The smallest absolute Gasteiger partial charge is 0.319 e. The number of nitrogens with zero attached hydrogens (tertiary/aromatic N) is 1. The van der Waals surface area contributed by atoms with Crippen LogP contribution in [0.25, 0.3) is 0 Å². The maximum Gasteiger partial charge on any atom is 0.319 e. The number of anilines is 2. The summed E-state index contributed by atoms with van der Waals surface area (Å²) in [7, 11) is 0. The van der Waals surface area contributed by atoms with Gasteiger partial charge in [0.05, 0.1) is 5.75 Å². The Morgan fingerprint density at radius 2 is 1.93 bits per heavy atom. The van der Waals surface area contributed by atoms with Gasteiger partial charge in [-0.2, -0.15) is 0 Å². The number of nitrogens with one attached hydrogen (secondary N) is 2. The van der Waals surface area contributed by atoms with Gasteiger partial charge in [-0.1, -0.05) is 5.16 Å². The molecule has 0 aliphatic rings. The molecular weight excluding hydrogens is 377 g/mol. The monoisotopic (exact) mass is 395 g/mol. The molecule has 0 unspecified atom stereocenters. The summed E-state index contributed by atoms with van der Waals surface area (Å²) in [6, 6.07) is 6.86. The predicted octanol–water partition coefficient (Wildman–Crippen LogP) is 2.36. The number of benzene rings is 1. The normalized spacial score (nSPS) is 11.5. The summed E-state index contributed by atoms with van der Waals surface area (Å²) in [5.41, 5.74) is 0.456. The lowest BCUT2D eigenvalue weighted by Crippen LogP contribution is -2.26. The molecule has 0 spiro atoms. The first kappa shape index (κ1) is 20.4. The summed E-state index contributed by atoms with van der Waals surface area (Å²) in [4.78, 5) is 35.4. The van der Waals surface area contributed by atoms with E-state index in [2.05, 4.69) is 15.8 Å². The minimum absolute atomic E-state index is 0.00193. The fourth-order valence-electron chi connectivity index (χ4n) is 1.86. The number of esters is 1. The van der Waals surface area contributed by atoms with E-state index in [0.29, 0.717) is 11.4 Å². The SMILES string of the molecule is Cc1cc(NC(=O)COC(=O)[C@@H](C)SCC(=O)Nc2ccc(F)cc2)no1. The van der Waals surface area contributed by atoms with Crippen LogP contribution in [0.1, 0.15) is 12.7 Å². The number of hydrogen-bond donors (Lipinski definition) is 2. The van der Waals surface area contributed by atoms with Crippen molar-refractivity contribution in [2.24, 2.45) is 0 Å². The molecule has 27 heavy (non-hydrogen) atoms. The van der Waals surface area contributed by atoms with Gasteiger partial charge in [-0.05, 0) is 38.1 Å². The fourth-order valence-corrected chi connectivity index (χ4v) is 2.53. The zero-order chi connectivity index (χ0) is 19.8. The highest BCUT2D eigenvalue weighted by molar-refractivity contribution is 8.01. The minimum Gasteiger partial charge on any atom is -0.455 e. The van der Waals surface area contributed by atoms with E-state index < -0.39 is 29.6 Å². The van der Waals surface area contributed by atoms with Crippen LogP contribution < -0.4 is 10.6 Å². The Bertz CT molecular complexity index is 809. The average Bonchev–Trinajstić information content (AvgIpc) is 3.04. The van der Waals surface area contributed by atoms with Gasteiger partial charge in [-0.15, -0.1) is 11.8 Å². The van der Waals surface area contributed by atoms with Gasteiger partial charge in [0.25, 0.3) is 5.91 Å². The van der Waals surface area contributed by atoms with Crippen molar-refractivity contribution in [1.82, 2.24) is 5.16 Å². The van der Waals surface area contributed by atoms with Crippen molar-refractivity contribution in [3.63, 3.8) is 0 Å². The highest BCUT2D eigenvalue weighted by Gasteiger charge is 2.18. The van der Waals surface area contributed by atoms with Crippen LogP contribution in [0, 0.1) is 12.7 Å². The first-order valence-corrected chi connectivity index (χ1v) is 8.95. The molecule has 1 heterocycles. The molecule has 2 aromatic rings. The minimum atomic E-state index is -0.647. The number of thioether (sulfide) groups is 1. The predicted molar refractivity (Wildman–Crippen MR) is 97.8 cm³/mol. The molecule has 10 heteroatoms. The number of halogens is 1. The van der Waals surface area contributed by atoms with Crippen LogP contribution in [-0.2, 0) is 19.1 Å². The van der Waals surface area contributed by atoms with Gasteiger partial charge in [-0.3, -0.25) is 14.4 Å². The topological polar surface area (TPSA) is 111 Å². The molecule has 0 radical (unpaired) electrons. The number of carbonyl (C=O) groups is 3. The summed E-state index contributed by atoms with van der Waals surface area (Å²) < 4.78 is 22.5. The molecule has 2 rings (SSSR count). The first-order valence-electron chi connectivity index (χ1n) is 7.90. The number of carbonyl (C=O) groups excluding carboxylic acids is 3. The molecule has 0 aliphatic heterocycles. The number of aromatic nitrogens is 1. The van der Waals surface area contributed by atoms with Crippen LogP contribution in [0.5, 0.6) is 0 Å². The van der Waals surface area contributed by atoms with E-state index in [-0.39, 0.29) is 17.5 Å². The van der Waals surface area contributed by atoms with Crippen molar-refractivity contribution >= 4 is 41.1 Å². The van der Waals surface area contributed by atoms with Gasteiger partial charge in [0, 0.05) is 11.8 Å². The average molecular weight is 395 g/mol. The first-order chi connectivity index (χ1) is 12.8. The van der Waals surface area contributed by atoms with E-state index in [9.17, 15) is 18.8 Å². The van der Waals surface area contributed by atoms with Crippen LogP contribution in [0.4, 0.5) is 15.9 Å². The zero-order valence-corrected chi connectivity index (χ0v) is 15.5. The Labute approximate surface area is 158 Å². The molecule has 144 valence electrons. The third kappa shape index (κ3) is 7.10. The molecule has 0 bridgehead atoms. The van der Waals surface area contributed by atoms with Crippen LogP contribution in [-0.4, -0.2) is 40.6 Å². The number of aryl methyl sites for hydroxylation is 1. The van der Waals surface area contributed by atoms with Crippen LogP contribution in [0.2, 0.25) is 0 Å². The van der Waals surface area contributed by atoms with Crippen LogP contribution in [0.15, 0.2) is 34.9 Å². The molecule has 2 N–H and O–H groups in total. The van der Waals surface area contributed by atoms with Crippen molar-refractivity contribution < 1.29 is 28.0 Å². The van der Waals surface area contributed by atoms with Crippen molar-refractivity contribution in [2.75, 3.05) is 23.0 Å². The van der Waals surface area contributed by atoms with Gasteiger partial charge in [0.15, 0.2) is 12.4 Å². The molecule has 2 amide bonds. The second kappa shape index (κ2) is 9.72. The second-order valence-corrected chi connectivity index (χ2v) is 6.82. The number of amides is 2. The third-order valence-corrected chi connectivity index (χ3v) is 4.29. The molecule has 0 fully saturated rings. The van der Waals surface area contributed by atoms with Crippen molar-refractivity contribution in [3.05, 3.63) is 41.9 Å². The lowest BCUT2D eigenvalue weighted by molar-refractivity contribution is -0.146. The maximum atomic E-state index is 12.8. The maximum absolute atomic E-state index is 12.8. The highest BCUT2D eigenvalue weighted by atomic mass is 32.2. The van der Waals surface area contributed by atoms with E-state index in [1.54, 1.807) is 13.8 Å². The van der Waals surface area contributed by atoms with Gasteiger partial charge in [-0.25, -0.2) is 4.39 Å². The van der Waals surface area contributed by atoms with E-state index in [1.807, 2.05) is 0 Å². The Morgan fingerprint density at radius 1 is 1.22 bits per heavy atom. The summed E-state index contributed by atoms with van der Waals surface area (Å²) in [6.07, 6.45) is 0. The Morgan fingerprint density at radius 3 is 2.56 bits per heavy atom. The molecular formula is C17H18FN3O5S. The molecule has 1 aromatic carbocycles. The lowest BCUT2D eigenvalue weighted by Gasteiger charge is -2.11. The van der Waals surface area contributed by atoms with Gasteiger partial charge < -0.3 is 19.9 Å².